The van der Waals surface area contributed by atoms with E-state index in [9.17, 15) is 14.3 Å². The number of halogens is 1. The number of rotatable bonds is 5. The lowest BCUT2D eigenvalue weighted by Crippen LogP contribution is -2.49. The summed E-state index contributed by atoms with van der Waals surface area (Å²) in [5.74, 6) is -0.486. The molecule has 34 heavy (non-hydrogen) atoms. The van der Waals surface area contributed by atoms with Gasteiger partial charge >= 0.3 is 0 Å². The average Bonchev–Trinajstić information content (AvgIpc) is 3.48. The Morgan fingerprint density at radius 1 is 1.09 bits per heavy atom. The van der Waals surface area contributed by atoms with Gasteiger partial charge in [-0.2, -0.15) is 5.10 Å². The molecule has 1 fully saturated rings. The number of aliphatic hydroxyl groups is 1. The highest BCUT2D eigenvalue weighted by molar-refractivity contribution is 5.94. The number of anilines is 1. The summed E-state index contributed by atoms with van der Waals surface area (Å²) in [6, 6.07) is 13.8. The van der Waals surface area contributed by atoms with Crippen LogP contribution in [0.2, 0.25) is 0 Å². The number of hydrazone groups is 1. The number of hydrogen-bond donors (Lipinski definition) is 1. The first-order valence-electron chi connectivity index (χ1n) is 11.6. The van der Waals surface area contributed by atoms with E-state index in [0.717, 1.165) is 23.5 Å². The summed E-state index contributed by atoms with van der Waals surface area (Å²) in [5.41, 5.74) is 2.58. The van der Waals surface area contributed by atoms with Crippen molar-refractivity contribution in [2.75, 3.05) is 18.1 Å². The maximum Gasteiger partial charge on any atom is 0.253 e. The zero-order valence-corrected chi connectivity index (χ0v) is 19.1. The van der Waals surface area contributed by atoms with Crippen LogP contribution >= 0.6 is 0 Å². The minimum atomic E-state index is -0.857. The van der Waals surface area contributed by atoms with Gasteiger partial charge in [0.05, 0.1) is 29.4 Å². The summed E-state index contributed by atoms with van der Waals surface area (Å²) in [6.45, 7) is 2.90. The molecule has 0 aliphatic carbocycles. The fourth-order valence-corrected chi connectivity index (χ4v) is 4.78. The third-order valence-corrected chi connectivity index (χ3v) is 6.74. The number of benzene rings is 2. The molecule has 0 bridgehead atoms. The number of aryl methyl sites for hydroxylation is 1. The molecule has 2 aliphatic rings. The Bertz CT molecular complexity index is 1180. The number of hydrogen-bond acceptors (Lipinski definition) is 5. The third-order valence-electron chi connectivity index (χ3n) is 6.74. The fraction of sp³-hybridized carbons (Fsp3) is 0.346. The van der Waals surface area contributed by atoms with Crippen LogP contribution < -0.4 is 5.01 Å². The van der Waals surface area contributed by atoms with E-state index < -0.39 is 5.60 Å². The van der Waals surface area contributed by atoms with Gasteiger partial charge in [-0.1, -0.05) is 0 Å². The van der Waals surface area contributed by atoms with Gasteiger partial charge in [-0.15, -0.1) is 0 Å². The first-order valence-corrected chi connectivity index (χ1v) is 11.6. The Labute approximate surface area is 198 Å². The predicted octanol–water partition coefficient (Wildman–Crippen LogP) is 3.94. The number of piperidine rings is 1. The summed E-state index contributed by atoms with van der Waals surface area (Å²) in [7, 11) is 0. The van der Waals surface area contributed by atoms with E-state index in [1.54, 1.807) is 11.2 Å². The molecule has 1 aromatic heterocycles. The van der Waals surface area contributed by atoms with E-state index in [-0.39, 0.29) is 17.8 Å². The van der Waals surface area contributed by atoms with Gasteiger partial charge in [-0.25, -0.2) is 9.37 Å². The highest BCUT2D eigenvalue weighted by atomic mass is 19.1. The van der Waals surface area contributed by atoms with Crippen LogP contribution in [0.5, 0.6) is 0 Å². The van der Waals surface area contributed by atoms with Gasteiger partial charge in [0.15, 0.2) is 0 Å². The predicted molar refractivity (Wildman–Crippen MR) is 129 cm³/mol. The van der Waals surface area contributed by atoms with E-state index in [2.05, 4.69) is 10.1 Å². The molecule has 3 aromatic rings. The number of carbonyl (C=O) groups is 1. The molecule has 1 atom stereocenters. The Morgan fingerprint density at radius 2 is 1.76 bits per heavy atom. The van der Waals surface area contributed by atoms with Crippen LogP contribution in [-0.2, 0) is 0 Å². The van der Waals surface area contributed by atoms with Crippen molar-refractivity contribution in [2.24, 2.45) is 5.10 Å². The maximum absolute atomic E-state index is 13.2. The second-order valence-corrected chi connectivity index (χ2v) is 9.20. The van der Waals surface area contributed by atoms with Crippen LogP contribution in [0.15, 0.2) is 66.2 Å². The number of imidazole rings is 1. The molecule has 2 aromatic carbocycles. The van der Waals surface area contributed by atoms with E-state index >= 15 is 0 Å². The second-order valence-electron chi connectivity index (χ2n) is 9.20. The van der Waals surface area contributed by atoms with Crippen molar-refractivity contribution >= 4 is 17.8 Å². The Morgan fingerprint density at radius 3 is 2.41 bits per heavy atom. The summed E-state index contributed by atoms with van der Waals surface area (Å²) in [6.07, 6.45) is 8.02. The summed E-state index contributed by atoms with van der Waals surface area (Å²) >= 11 is 0. The number of aromatic nitrogens is 2. The van der Waals surface area contributed by atoms with E-state index in [1.807, 2.05) is 53.2 Å². The van der Waals surface area contributed by atoms with Crippen molar-refractivity contribution in [1.82, 2.24) is 14.5 Å². The lowest BCUT2D eigenvalue weighted by molar-refractivity contribution is -0.0268. The molecule has 1 amide bonds. The van der Waals surface area contributed by atoms with Crippen molar-refractivity contribution in [1.29, 1.82) is 0 Å². The zero-order valence-electron chi connectivity index (χ0n) is 19.1. The van der Waals surface area contributed by atoms with Crippen molar-refractivity contribution < 1.29 is 14.3 Å². The number of nitrogens with zero attached hydrogens (tertiary/aromatic N) is 5. The molecule has 1 unspecified atom stereocenters. The van der Waals surface area contributed by atoms with Crippen molar-refractivity contribution in [3.05, 3.63) is 78.1 Å². The van der Waals surface area contributed by atoms with Crippen molar-refractivity contribution in [2.45, 2.75) is 44.2 Å². The van der Waals surface area contributed by atoms with Gasteiger partial charge in [0.2, 0.25) is 0 Å². The molecule has 7 nitrogen and oxygen atoms in total. The van der Waals surface area contributed by atoms with Gasteiger partial charge in [0.25, 0.3) is 5.91 Å². The Balaban J connectivity index is 1.21. The summed E-state index contributed by atoms with van der Waals surface area (Å²) in [5, 5.41) is 17.9. The largest absolute Gasteiger partial charge is 0.390 e. The molecule has 8 heteroatoms. The molecule has 1 saturated heterocycles. The van der Waals surface area contributed by atoms with Crippen LogP contribution in [0.4, 0.5) is 10.1 Å². The summed E-state index contributed by atoms with van der Waals surface area (Å²) in [4.78, 5) is 18.7. The molecule has 3 heterocycles. The lowest BCUT2D eigenvalue weighted by Gasteiger charge is -2.40. The monoisotopic (exact) mass is 461 g/mol. The first kappa shape index (κ1) is 22.3. The van der Waals surface area contributed by atoms with Gasteiger partial charge < -0.3 is 14.6 Å². The highest BCUT2D eigenvalue weighted by Crippen LogP contribution is 2.33. The minimum Gasteiger partial charge on any atom is -0.390 e. The molecule has 1 N–H and O–H groups in total. The Kier molecular flexibility index (Phi) is 5.91. The molecular formula is C26H28FN5O2. The smallest absolute Gasteiger partial charge is 0.253 e. The minimum absolute atomic E-state index is 0.0608. The average molecular weight is 462 g/mol. The SMILES string of the molecule is Cc1cn(-c2ccc(N3N=CCC3CC3(O)CCN(C(=O)c4ccc(F)cc4)CC3)cc2)cn1. The third kappa shape index (κ3) is 4.59. The van der Waals surface area contributed by atoms with Gasteiger partial charge in [0.1, 0.15) is 5.82 Å². The van der Waals surface area contributed by atoms with Crippen LogP contribution in [0.1, 0.15) is 41.7 Å². The highest BCUT2D eigenvalue weighted by Gasteiger charge is 2.38. The van der Waals surface area contributed by atoms with Crippen molar-refractivity contribution in [3.8, 4) is 5.69 Å². The standard InChI is InChI=1S/C26H28FN5O2/c1-19-17-31(18-28-19)22-6-8-23(9-7-22)32-24(10-13-29-32)16-26(34)11-14-30(15-12-26)25(33)20-2-4-21(27)5-3-20/h2-9,13,17-18,24,34H,10-12,14-16H2,1H3. The molecule has 0 saturated carbocycles. The first-order chi connectivity index (χ1) is 16.4. The summed E-state index contributed by atoms with van der Waals surface area (Å²) < 4.78 is 15.1. The lowest BCUT2D eigenvalue weighted by atomic mass is 9.84. The van der Waals surface area contributed by atoms with Crippen LogP contribution in [-0.4, -0.2) is 56.4 Å². The molecule has 0 spiro atoms. The van der Waals surface area contributed by atoms with Crippen LogP contribution in [0.25, 0.3) is 5.69 Å². The second kappa shape index (κ2) is 9.02. The molecule has 176 valence electrons. The molecule has 5 rings (SSSR count). The molecular weight excluding hydrogens is 433 g/mol. The van der Waals surface area contributed by atoms with E-state index in [0.29, 0.717) is 37.9 Å². The van der Waals surface area contributed by atoms with Crippen molar-refractivity contribution in [3.63, 3.8) is 0 Å². The van der Waals surface area contributed by atoms with Crippen LogP contribution in [0.3, 0.4) is 0 Å². The molecule has 2 aliphatic heterocycles. The number of likely N-dealkylation sites (tertiary alicyclic amines) is 1. The van der Waals surface area contributed by atoms with E-state index in [4.69, 9.17) is 0 Å². The van der Waals surface area contributed by atoms with Crippen LogP contribution in [0, 0.1) is 12.7 Å². The van der Waals surface area contributed by atoms with E-state index in [1.165, 1.54) is 24.3 Å². The maximum atomic E-state index is 13.2. The fourth-order valence-electron chi connectivity index (χ4n) is 4.78. The van der Waals surface area contributed by atoms with Gasteiger partial charge in [-0.3, -0.25) is 9.80 Å². The van der Waals surface area contributed by atoms with Gasteiger partial charge in [0, 0.05) is 43.2 Å². The Hall–Kier alpha value is -3.52. The number of amides is 1. The van der Waals surface area contributed by atoms with Gasteiger partial charge in [-0.05, 0) is 74.7 Å². The quantitative estimate of drug-likeness (QED) is 0.625. The normalized spacial score (nSPS) is 19.6. The molecule has 0 radical (unpaired) electrons. The number of carbonyl (C=O) groups excluding carboxylic acids is 1. The topological polar surface area (TPSA) is 74.0 Å². The zero-order chi connectivity index (χ0) is 23.7.